The average Bonchev–Trinajstić information content (AvgIpc) is 2.81. The highest BCUT2D eigenvalue weighted by Gasteiger charge is 2.64. The summed E-state index contributed by atoms with van der Waals surface area (Å²) >= 11 is 0. The molecule has 3 saturated carbocycles. The minimum atomic E-state index is 0.948. The summed E-state index contributed by atoms with van der Waals surface area (Å²) in [6, 6.07) is 0.948. The Balaban J connectivity index is 1.14. The summed E-state index contributed by atoms with van der Waals surface area (Å²) in [4.78, 5) is 0. The highest BCUT2D eigenvalue weighted by molar-refractivity contribution is 5.16. The van der Waals surface area contributed by atoms with Crippen LogP contribution in [0.15, 0.2) is 0 Å². The van der Waals surface area contributed by atoms with Crippen LogP contribution in [0.5, 0.6) is 0 Å². The van der Waals surface area contributed by atoms with Crippen LogP contribution in [0.25, 0.3) is 0 Å². The number of rotatable bonds is 5. The molecule has 0 amide bonds. The zero-order chi connectivity index (χ0) is 11.9. The van der Waals surface area contributed by atoms with E-state index >= 15 is 0 Å². The van der Waals surface area contributed by atoms with Gasteiger partial charge in [-0.1, -0.05) is 0 Å². The molecule has 4 atom stereocenters. The SMILES string of the molecule is C(CNC1C2C3CCC(C3)C12)CC1CCNCC1. The van der Waals surface area contributed by atoms with Gasteiger partial charge in [-0.25, -0.2) is 0 Å². The number of hydrogen-bond donors (Lipinski definition) is 2. The maximum absolute atomic E-state index is 3.88. The lowest BCUT2D eigenvalue weighted by molar-refractivity contribution is 0.342. The summed E-state index contributed by atoms with van der Waals surface area (Å²) < 4.78 is 0. The van der Waals surface area contributed by atoms with E-state index in [1.165, 1.54) is 45.3 Å². The Kier molecular flexibility index (Phi) is 3.12. The second-order valence-electron chi connectivity index (χ2n) is 7.30. The van der Waals surface area contributed by atoms with E-state index in [1.807, 2.05) is 0 Å². The van der Waals surface area contributed by atoms with E-state index < -0.39 is 0 Å². The third-order valence-corrected chi connectivity index (χ3v) is 6.36. The van der Waals surface area contributed by atoms with E-state index in [2.05, 4.69) is 10.6 Å². The quantitative estimate of drug-likeness (QED) is 0.730. The van der Waals surface area contributed by atoms with Gasteiger partial charge in [0.05, 0.1) is 0 Å². The maximum atomic E-state index is 3.88. The van der Waals surface area contributed by atoms with Crippen molar-refractivity contribution in [2.24, 2.45) is 29.6 Å². The van der Waals surface area contributed by atoms with Gasteiger partial charge in [0, 0.05) is 6.04 Å². The summed E-state index contributed by atoms with van der Waals surface area (Å²) in [6.45, 7) is 3.81. The molecule has 3 aliphatic carbocycles. The van der Waals surface area contributed by atoms with Crippen LogP contribution in [0.1, 0.15) is 44.9 Å². The molecule has 1 aliphatic heterocycles. The molecule has 18 heavy (non-hydrogen) atoms. The fourth-order valence-corrected chi connectivity index (χ4v) is 5.43. The predicted octanol–water partition coefficient (Wildman–Crippen LogP) is 2.40. The molecule has 0 aromatic carbocycles. The summed E-state index contributed by atoms with van der Waals surface area (Å²) in [5.41, 5.74) is 0. The highest BCUT2D eigenvalue weighted by Crippen LogP contribution is 2.65. The lowest BCUT2D eigenvalue weighted by atomic mass is 9.93. The minimum absolute atomic E-state index is 0.948. The topological polar surface area (TPSA) is 24.1 Å². The molecule has 0 aromatic rings. The molecular formula is C16H28N2. The van der Waals surface area contributed by atoms with Gasteiger partial charge in [0.15, 0.2) is 0 Å². The first-order valence-electron chi connectivity index (χ1n) is 8.37. The van der Waals surface area contributed by atoms with Gasteiger partial charge in [0.25, 0.3) is 0 Å². The molecule has 4 rings (SSSR count). The second-order valence-corrected chi connectivity index (χ2v) is 7.30. The zero-order valence-corrected chi connectivity index (χ0v) is 11.5. The molecule has 4 fully saturated rings. The van der Waals surface area contributed by atoms with Crippen molar-refractivity contribution < 1.29 is 0 Å². The average molecular weight is 248 g/mol. The second kappa shape index (κ2) is 4.79. The Morgan fingerprint density at radius 1 is 0.944 bits per heavy atom. The Labute approximate surface area is 111 Å². The number of piperidine rings is 1. The molecule has 0 aromatic heterocycles. The Morgan fingerprint density at radius 3 is 2.39 bits per heavy atom. The van der Waals surface area contributed by atoms with Crippen LogP contribution in [0.3, 0.4) is 0 Å². The molecule has 0 radical (unpaired) electrons. The third-order valence-electron chi connectivity index (χ3n) is 6.36. The number of fused-ring (bicyclic) bond motifs is 5. The molecule has 2 heteroatoms. The third kappa shape index (κ3) is 2.02. The highest BCUT2D eigenvalue weighted by atomic mass is 15.0. The Bertz CT molecular complexity index is 281. The van der Waals surface area contributed by atoms with Crippen LogP contribution in [0, 0.1) is 29.6 Å². The molecule has 0 spiro atoms. The van der Waals surface area contributed by atoms with Gasteiger partial charge in [-0.3, -0.25) is 0 Å². The van der Waals surface area contributed by atoms with Gasteiger partial charge in [-0.15, -0.1) is 0 Å². The van der Waals surface area contributed by atoms with Crippen molar-refractivity contribution >= 4 is 0 Å². The lowest BCUT2D eigenvalue weighted by Crippen LogP contribution is -2.29. The molecule has 1 heterocycles. The van der Waals surface area contributed by atoms with Crippen molar-refractivity contribution in [3.63, 3.8) is 0 Å². The van der Waals surface area contributed by atoms with Gasteiger partial charge in [-0.05, 0) is 94.2 Å². The van der Waals surface area contributed by atoms with Crippen molar-refractivity contribution in [1.29, 1.82) is 0 Å². The van der Waals surface area contributed by atoms with Crippen LogP contribution >= 0.6 is 0 Å². The smallest absolute Gasteiger partial charge is 0.0135 e. The van der Waals surface area contributed by atoms with E-state index in [4.69, 9.17) is 0 Å². The van der Waals surface area contributed by atoms with E-state index in [0.29, 0.717) is 0 Å². The fourth-order valence-electron chi connectivity index (χ4n) is 5.43. The number of nitrogens with one attached hydrogen (secondary N) is 2. The van der Waals surface area contributed by atoms with E-state index in [9.17, 15) is 0 Å². The van der Waals surface area contributed by atoms with Gasteiger partial charge in [0.1, 0.15) is 0 Å². The molecule has 2 bridgehead atoms. The van der Waals surface area contributed by atoms with Crippen molar-refractivity contribution in [3.8, 4) is 0 Å². The Morgan fingerprint density at radius 2 is 1.67 bits per heavy atom. The number of hydrogen-bond acceptors (Lipinski definition) is 2. The van der Waals surface area contributed by atoms with Crippen LogP contribution in [0.2, 0.25) is 0 Å². The van der Waals surface area contributed by atoms with E-state index in [-0.39, 0.29) is 0 Å². The first-order chi connectivity index (χ1) is 8.93. The van der Waals surface area contributed by atoms with E-state index in [1.54, 1.807) is 19.3 Å². The van der Waals surface area contributed by atoms with E-state index in [0.717, 1.165) is 35.6 Å². The maximum Gasteiger partial charge on any atom is 0.0135 e. The van der Waals surface area contributed by atoms with Crippen LogP contribution < -0.4 is 10.6 Å². The van der Waals surface area contributed by atoms with Crippen molar-refractivity contribution in [3.05, 3.63) is 0 Å². The minimum Gasteiger partial charge on any atom is -0.317 e. The molecule has 2 N–H and O–H groups in total. The zero-order valence-electron chi connectivity index (χ0n) is 11.5. The van der Waals surface area contributed by atoms with Crippen LogP contribution in [-0.2, 0) is 0 Å². The summed E-state index contributed by atoms with van der Waals surface area (Å²) in [6.07, 6.45) is 10.4. The molecular weight excluding hydrogens is 220 g/mol. The van der Waals surface area contributed by atoms with Crippen LogP contribution in [-0.4, -0.2) is 25.7 Å². The first-order valence-corrected chi connectivity index (χ1v) is 8.37. The summed E-state index contributed by atoms with van der Waals surface area (Å²) in [5, 5.41) is 7.34. The Hall–Kier alpha value is -0.0800. The normalized spacial score (nSPS) is 46.3. The molecule has 2 nitrogen and oxygen atoms in total. The van der Waals surface area contributed by atoms with Crippen molar-refractivity contribution in [1.82, 2.24) is 10.6 Å². The first kappa shape index (κ1) is 11.7. The fraction of sp³-hybridized carbons (Fsp3) is 1.00. The van der Waals surface area contributed by atoms with Crippen LogP contribution in [0.4, 0.5) is 0 Å². The molecule has 4 unspecified atom stereocenters. The standard InChI is InChI=1S/C16H28N2/c1(2-11-5-8-17-9-6-11)7-18-16-14-12-3-4-13(10-12)15(14)16/h11-18H,1-10H2. The van der Waals surface area contributed by atoms with Gasteiger partial charge in [0.2, 0.25) is 0 Å². The summed E-state index contributed by atoms with van der Waals surface area (Å²) in [7, 11) is 0. The molecule has 4 aliphatic rings. The predicted molar refractivity (Wildman–Crippen MR) is 74.4 cm³/mol. The van der Waals surface area contributed by atoms with Gasteiger partial charge in [-0.2, -0.15) is 0 Å². The summed E-state index contributed by atoms with van der Waals surface area (Å²) in [5.74, 6) is 5.50. The monoisotopic (exact) mass is 248 g/mol. The molecule has 1 saturated heterocycles. The largest absolute Gasteiger partial charge is 0.317 e. The van der Waals surface area contributed by atoms with Crippen molar-refractivity contribution in [2.45, 2.75) is 51.0 Å². The lowest BCUT2D eigenvalue weighted by Gasteiger charge is -2.22. The van der Waals surface area contributed by atoms with Gasteiger partial charge >= 0.3 is 0 Å². The molecule has 102 valence electrons. The van der Waals surface area contributed by atoms with Crippen molar-refractivity contribution in [2.75, 3.05) is 19.6 Å². The van der Waals surface area contributed by atoms with Gasteiger partial charge < -0.3 is 10.6 Å².